The molecule has 126 valence electrons. The minimum absolute atomic E-state index is 0.144. The molecule has 1 atom stereocenters. The standard InChI is InChI=1S/C18H20N2O3S/c1-12-4-6-13(7-5-12)16-19-14(11-24-16)10-15(21)20-9-3-8-18(20,2)17(22)23/h4-7,11H,3,8-10H2,1-2H3,(H,22,23). The summed E-state index contributed by atoms with van der Waals surface area (Å²) in [4.78, 5) is 30.1. The summed E-state index contributed by atoms with van der Waals surface area (Å²) in [6.07, 6.45) is 1.37. The van der Waals surface area contributed by atoms with Crippen LogP contribution in [0.5, 0.6) is 0 Å². The maximum atomic E-state index is 12.6. The number of likely N-dealkylation sites (tertiary alicyclic amines) is 1. The highest BCUT2D eigenvalue weighted by Gasteiger charge is 2.45. The number of amides is 1. The first kappa shape index (κ1) is 16.6. The smallest absolute Gasteiger partial charge is 0.329 e. The Morgan fingerprint density at radius 3 is 2.71 bits per heavy atom. The van der Waals surface area contributed by atoms with Crippen molar-refractivity contribution in [3.8, 4) is 10.6 Å². The first-order valence-corrected chi connectivity index (χ1v) is 8.83. The number of aryl methyl sites for hydroxylation is 1. The zero-order valence-electron chi connectivity index (χ0n) is 13.8. The number of carboxylic acid groups (broad SMARTS) is 1. The second-order valence-corrected chi connectivity index (χ2v) is 7.27. The molecular formula is C18H20N2O3S. The summed E-state index contributed by atoms with van der Waals surface area (Å²) in [5.74, 6) is -1.11. The van der Waals surface area contributed by atoms with Crippen molar-refractivity contribution < 1.29 is 14.7 Å². The van der Waals surface area contributed by atoms with Crippen molar-refractivity contribution in [1.82, 2.24) is 9.88 Å². The highest BCUT2D eigenvalue weighted by molar-refractivity contribution is 7.13. The van der Waals surface area contributed by atoms with Gasteiger partial charge in [-0.15, -0.1) is 11.3 Å². The Labute approximate surface area is 145 Å². The molecule has 0 radical (unpaired) electrons. The normalized spacial score (nSPS) is 20.3. The SMILES string of the molecule is Cc1ccc(-c2nc(CC(=O)N3CCCC3(C)C(=O)O)cs2)cc1. The molecule has 1 amide bonds. The molecule has 2 aromatic rings. The first-order chi connectivity index (χ1) is 11.4. The second-order valence-electron chi connectivity index (χ2n) is 6.41. The summed E-state index contributed by atoms with van der Waals surface area (Å²) >= 11 is 1.50. The van der Waals surface area contributed by atoms with Crippen LogP contribution in [0.15, 0.2) is 29.6 Å². The third kappa shape index (κ3) is 3.06. The van der Waals surface area contributed by atoms with Crippen LogP contribution in [-0.4, -0.2) is 39.0 Å². The number of hydrogen-bond acceptors (Lipinski definition) is 4. The fraction of sp³-hybridized carbons (Fsp3) is 0.389. The van der Waals surface area contributed by atoms with Gasteiger partial charge in [-0.3, -0.25) is 4.79 Å². The number of rotatable bonds is 4. The molecule has 6 heteroatoms. The number of aliphatic carboxylic acids is 1. The highest BCUT2D eigenvalue weighted by atomic mass is 32.1. The Morgan fingerprint density at radius 1 is 1.33 bits per heavy atom. The first-order valence-electron chi connectivity index (χ1n) is 7.95. The van der Waals surface area contributed by atoms with Gasteiger partial charge in [-0.1, -0.05) is 29.8 Å². The van der Waals surface area contributed by atoms with Gasteiger partial charge in [-0.05, 0) is 26.7 Å². The molecule has 24 heavy (non-hydrogen) atoms. The Morgan fingerprint density at radius 2 is 2.04 bits per heavy atom. The third-order valence-corrected chi connectivity index (χ3v) is 5.53. The highest BCUT2D eigenvalue weighted by Crippen LogP contribution is 2.30. The summed E-state index contributed by atoms with van der Waals surface area (Å²) in [6.45, 7) is 4.15. The van der Waals surface area contributed by atoms with Crippen molar-refractivity contribution in [1.29, 1.82) is 0 Å². The lowest BCUT2D eigenvalue weighted by atomic mass is 9.99. The Kier molecular flexibility index (Phi) is 4.41. The van der Waals surface area contributed by atoms with E-state index in [1.54, 1.807) is 6.92 Å². The number of hydrogen-bond donors (Lipinski definition) is 1. The Balaban J connectivity index is 1.74. The van der Waals surface area contributed by atoms with Crippen molar-refractivity contribution in [2.45, 2.75) is 38.6 Å². The van der Waals surface area contributed by atoms with Crippen LogP contribution in [0.2, 0.25) is 0 Å². The van der Waals surface area contributed by atoms with Gasteiger partial charge in [0, 0.05) is 17.5 Å². The van der Waals surface area contributed by atoms with Crippen LogP contribution in [0.3, 0.4) is 0 Å². The van der Waals surface area contributed by atoms with Crippen LogP contribution in [0.1, 0.15) is 31.0 Å². The average Bonchev–Trinajstić information content (AvgIpc) is 3.15. The summed E-state index contributed by atoms with van der Waals surface area (Å²) < 4.78 is 0. The van der Waals surface area contributed by atoms with Gasteiger partial charge in [-0.25, -0.2) is 9.78 Å². The van der Waals surface area contributed by atoms with Crippen molar-refractivity contribution in [3.05, 3.63) is 40.9 Å². The second kappa shape index (κ2) is 6.36. The van der Waals surface area contributed by atoms with Crippen LogP contribution < -0.4 is 0 Å². The molecule has 0 spiro atoms. The minimum Gasteiger partial charge on any atom is -0.480 e. The largest absolute Gasteiger partial charge is 0.480 e. The van der Waals surface area contributed by atoms with Gasteiger partial charge in [-0.2, -0.15) is 0 Å². The lowest BCUT2D eigenvalue weighted by Gasteiger charge is -2.31. The van der Waals surface area contributed by atoms with Crippen LogP contribution in [-0.2, 0) is 16.0 Å². The molecule has 1 N–H and O–H groups in total. The van der Waals surface area contributed by atoms with Crippen molar-refractivity contribution >= 4 is 23.2 Å². The van der Waals surface area contributed by atoms with E-state index in [-0.39, 0.29) is 12.3 Å². The lowest BCUT2D eigenvalue weighted by molar-refractivity contribution is -0.155. The Bertz CT molecular complexity index is 769. The van der Waals surface area contributed by atoms with Crippen LogP contribution in [0.25, 0.3) is 10.6 Å². The van der Waals surface area contributed by atoms with Crippen molar-refractivity contribution in [3.63, 3.8) is 0 Å². The minimum atomic E-state index is -1.09. The topological polar surface area (TPSA) is 70.5 Å². The van der Waals surface area contributed by atoms with Crippen LogP contribution >= 0.6 is 11.3 Å². The van der Waals surface area contributed by atoms with Gasteiger partial charge in [0.05, 0.1) is 12.1 Å². The molecule has 0 saturated carbocycles. The molecule has 1 saturated heterocycles. The number of nitrogens with zero attached hydrogens (tertiary/aromatic N) is 2. The summed E-state index contributed by atoms with van der Waals surface area (Å²) in [7, 11) is 0. The van der Waals surface area contributed by atoms with E-state index in [1.807, 2.05) is 36.6 Å². The van der Waals surface area contributed by atoms with Gasteiger partial charge >= 0.3 is 5.97 Å². The molecule has 1 fully saturated rings. The maximum absolute atomic E-state index is 12.6. The predicted octanol–water partition coefficient (Wildman–Crippen LogP) is 3.13. The number of carboxylic acids is 1. The van der Waals surface area contributed by atoms with Crippen LogP contribution in [0, 0.1) is 6.92 Å². The molecule has 2 heterocycles. The van der Waals surface area contributed by atoms with Crippen LogP contribution in [0.4, 0.5) is 0 Å². The van der Waals surface area contributed by atoms with Crippen molar-refractivity contribution in [2.24, 2.45) is 0 Å². The van der Waals surface area contributed by atoms with Gasteiger partial charge in [0.15, 0.2) is 0 Å². The summed E-state index contributed by atoms with van der Waals surface area (Å²) in [6, 6.07) is 8.09. The molecule has 0 bridgehead atoms. The number of carbonyl (C=O) groups is 2. The van der Waals surface area contributed by atoms with E-state index >= 15 is 0 Å². The molecule has 3 rings (SSSR count). The molecule has 1 aliphatic heterocycles. The quantitative estimate of drug-likeness (QED) is 0.925. The van der Waals surface area contributed by atoms with Crippen molar-refractivity contribution in [2.75, 3.05) is 6.54 Å². The van der Waals surface area contributed by atoms with Gasteiger partial charge in [0.25, 0.3) is 0 Å². The van der Waals surface area contributed by atoms with E-state index in [2.05, 4.69) is 4.98 Å². The molecule has 5 nitrogen and oxygen atoms in total. The van der Waals surface area contributed by atoms with Gasteiger partial charge in [0.2, 0.25) is 5.91 Å². The van der Waals surface area contributed by atoms with Gasteiger partial charge < -0.3 is 10.0 Å². The fourth-order valence-corrected chi connectivity index (χ4v) is 3.88. The summed E-state index contributed by atoms with van der Waals surface area (Å²) in [5.41, 5.74) is 1.82. The predicted molar refractivity (Wildman–Crippen MR) is 93.0 cm³/mol. The van der Waals surface area contributed by atoms with E-state index in [0.717, 1.165) is 17.0 Å². The molecule has 1 unspecified atom stereocenters. The molecular weight excluding hydrogens is 324 g/mol. The van der Waals surface area contributed by atoms with E-state index in [4.69, 9.17) is 0 Å². The van der Waals surface area contributed by atoms with E-state index in [0.29, 0.717) is 18.7 Å². The molecule has 1 aromatic carbocycles. The molecule has 1 aliphatic rings. The number of benzene rings is 1. The summed E-state index contributed by atoms with van der Waals surface area (Å²) in [5, 5.41) is 12.2. The van der Waals surface area contributed by atoms with Gasteiger partial charge in [0.1, 0.15) is 10.5 Å². The van der Waals surface area contributed by atoms with E-state index in [1.165, 1.54) is 21.8 Å². The fourth-order valence-electron chi connectivity index (χ4n) is 3.05. The maximum Gasteiger partial charge on any atom is 0.329 e. The van der Waals surface area contributed by atoms with E-state index < -0.39 is 11.5 Å². The molecule has 0 aliphatic carbocycles. The monoisotopic (exact) mass is 344 g/mol. The average molecular weight is 344 g/mol. The van der Waals surface area contributed by atoms with E-state index in [9.17, 15) is 14.7 Å². The zero-order chi connectivity index (χ0) is 17.3. The zero-order valence-corrected chi connectivity index (χ0v) is 14.6. The Hall–Kier alpha value is -2.21. The number of thiazole rings is 1. The third-order valence-electron chi connectivity index (χ3n) is 4.59. The number of carbonyl (C=O) groups excluding carboxylic acids is 1. The number of aromatic nitrogens is 1. The lowest BCUT2D eigenvalue weighted by Crippen LogP contribution is -2.51. The molecule has 1 aromatic heterocycles.